The Labute approximate surface area is 100 Å². The molecule has 0 radical (unpaired) electrons. The molecule has 0 aromatic carbocycles. The number of aromatic nitrogens is 1. The van der Waals surface area contributed by atoms with Crippen LogP contribution in [0, 0.1) is 5.92 Å². The molecule has 17 heavy (non-hydrogen) atoms. The van der Waals surface area contributed by atoms with Gasteiger partial charge in [-0.1, -0.05) is 6.07 Å². The summed E-state index contributed by atoms with van der Waals surface area (Å²) in [5.74, 6) is 1.02. The Kier molecular flexibility index (Phi) is 2.76. The largest absolute Gasteiger partial charge is 0.395 e. The minimum Gasteiger partial charge on any atom is -0.395 e. The minimum atomic E-state index is 0.132. The summed E-state index contributed by atoms with van der Waals surface area (Å²) < 4.78 is 1.94. The quantitative estimate of drug-likeness (QED) is 0.798. The van der Waals surface area contributed by atoms with Crippen LogP contribution in [0.3, 0.4) is 0 Å². The molecule has 3 heterocycles. The van der Waals surface area contributed by atoms with Crippen LogP contribution < -0.4 is 5.56 Å². The van der Waals surface area contributed by atoms with Crippen LogP contribution in [0.15, 0.2) is 23.0 Å². The van der Waals surface area contributed by atoms with E-state index in [0.717, 1.165) is 26.2 Å². The van der Waals surface area contributed by atoms with Gasteiger partial charge in [-0.3, -0.25) is 4.79 Å². The van der Waals surface area contributed by atoms with Gasteiger partial charge in [0.15, 0.2) is 0 Å². The molecule has 0 saturated carbocycles. The standard InChI is InChI=1S/C13H18N2O2/c16-5-4-14-7-10-6-11(9-14)12-2-1-3-13(17)15(12)8-10/h1-3,10-11,16H,4-9H2/t10-,11-/m0/s1. The highest BCUT2D eigenvalue weighted by molar-refractivity contribution is 5.16. The highest BCUT2D eigenvalue weighted by atomic mass is 16.3. The highest BCUT2D eigenvalue weighted by Gasteiger charge is 2.33. The van der Waals surface area contributed by atoms with Gasteiger partial charge in [0.2, 0.25) is 0 Å². The third kappa shape index (κ3) is 1.91. The van der Waals surface area contributed by atoms with E-state index in [2.05, 4.69) is 11.0 Å². The molecular weight excluding hydrogens is 216 g/mol. The van der Waals surface area contributed by atoms with Gasteiger partial charge in [0.05, 0.1) is 6.61 Å². The lowest BCUT2D eigenvalue weighted by atomic mass is 9.83. The number of aliphatic hydroxyl groups excluding tert-OH is 1. The van der Waals surface area contributed by atoms with Crippen LogP contribution in [0.25, 0.3) is 0 Å². The lowest BCUT2D eigenvalue weighted by Crippen LogP contribution is -2.47. The summed E-state index contributed by atoms with van der Waals surface area (Å²) in [6.07, 6.45) is 1.19. The fourth-order valence-corrected chi connectivity index (χ4v) is 3.32. The first-order chi connectivity index (χ1) is 8.28. The first kappa shape index (κ1) is 11.0. The van der Waals surface area contributed by atoms with Crippen molar-refractivity contribution in [2.45, 2.75) is 18.9 Å². The van der Waals surface area contributed by atoms with Gasteiger partial charge in [0.25, 0.3) is 5.56 Å². The van der Waals surface area contributed by atoms with Gasteiger partial charge in [-0.2, -0.15) is 0 Å². The molecule has 2 bridgehead atoms. The van der Waals surface area contributed by atoms with Gasteiger partial charge in [-0.05, 0) is 18.4 Å². The van der Waals surface area contributed by atoms with Gasteiger partial charge in [-0.15, -0.1) is 0 Å². The molecule has 0 aliphatic carbocycles. The Morgan fingerprint density at radius 3 is 3.00 bits per heavy atom. The van der Waals surface area contributed by atoms with Crippen LogP contribution in [0.1, 0.15) is 18.0 Å². The molecule has 1 N–H and O–H groups in total. The number of aliphatic hydroxyl groups is 1. The molecule has 0 unspecified atom stereocenters. The highest BCUT2D eigenvalue weighted by Crippen LogP contribution is 2.34. The molecule has 0 spiro atoms. The second-order valence-electron chi connectivity index (χ2n) is 5.18. The zero-order valence-electron chi connectivity index (χ0n) is 9.88. The van der Waals surface area contributed by atoms with Crippen molar-refractivity contribution in [3.63, 3.8) is 0 Å². The molecule has 3 rings (SSSR count). The van der Waals surface area contributed by atoms with Crippen LogP contribution >= 0.6 is 0 Å². The summed E-state index contributed by atoms with van der Waals surface area (Å²) in [5.41, 5.74) is 1.31. The molecule has 1 aromatic rings. The number of β-amino-alcohol motifs (C(OH)–C–C–N with tert-alkyl or cyclic N) is 1. The van der Waals surface area contributed by atoms with Gasteiger partial charge < -0.3 is 14.6 Å². The minimum absolute atomic E-state index is 0.132. The van der Waals surface area contributed by atoms with Crippen molar-refractivity contribution in [3.8, 4) is 0 Å². The third-order valence-corrected chi connectivity index (χ3v) is 3.97. The monoisotopic (exact) mass is 234 g/mol. The third-order valence-electron chi connectivity index (χ3n) is 3.97. The van der Waals surface area contributed by atoms with E-state index in [1.54, 1.807) is 6.07 Å². The van der Waals surface area contributed by atoms with Crippen molar-refractivity contribution in [3.05, 3.63) is 34.2 Å². The average Bonchev–Trinajstić information content (AvgIpc) is 2.31. The van der Waals surface area contributed by atoms with E-state index in [-0.39, 0.29) is 12.2 Å². The van der Waals surface area contributed by atoms with Crippen LogP contribution in [-0.4, -0.2) is 40.8 Å². The molecule has 4 heteroatoms. The number of nitrogens with zero attached hydrogens (tertiary/aromatic N) is 2. The van der Waals surface area contributed by atoms with Crippen molar-refractivity contribution in [2.24, 2.45) is 5.92 Å². The summed E-state index contributed by atoms with van der Waals surface area (Å²) >= 11 is 0. The van der Waals surface area contributed by atoms with E-state index in [9.17, 15) is 4.79 Å². The van der Waals surface area contributed by atoms with Crippen molar-refractivity contribution in [1.29, 1.82) is 0 Å². The van der Waals surface area contributed by atoms with Gasteiger partial charge in [0.1, 0.15) is 0 Å². The zero-order valence-corrected chi connectivity index (χ0v) is 9.88. The summed E-state index contributed by atoms with van der Waals surface area (Å²) in [7, 11) is 0. The maximum Gasteiger partial charge on any atom is 0.250 e. The Morgan fingerprint density at radius 1 is 1.29 bits per heavy atom. The molecule has 0 amide bonds. The van der Waals surface area contributed by atoms with E-state index in [0.29, 0.717) is 11.8 Å². The van der Waals surface area contributed by atoms with Crippen LogP contribution in [0.2, 0.25) is 0 Å². The molecule has 2 atom stereocenters. The van der Waals surface area contributed by atoms with Crippen molar-refractivity contribution in [1.82, 2.24) is 9.47 Å². The van der Waals surface area contributed by atoms with Crippen LogP contribution in [0.5, 0.6) is 0 Å². The molecule has 1 fully saturated rings. The predicted molar refractivity (Wildman–Crippen MR) is 65.1 cm³/mol. The lowest BCUT2D eigenvalue weighted by Gasteiger charge is -2.42. The van der Waals surface area contributed by atoms with Crippen molar-refractivity contribution in [2.75, 3.05) is 26.2 Å². The number of likely N-dealkylation sites (tertiary alicyclic amines) is 1. The zero-order chi connectivity index (χ0) is 11.8. The summed E-state index contributed by atoms with van der Waals surface area (Å²) in [6.45, 7) is 3.80. The first-order valence-corrected chi connectivity index (χ1v) is 6.31. The van der Waals surface area contributed by atoms with Gasteiger partial charge in [-0.25, -0.2) is 0 Å². The SMILES string of the molecule is O=c1cccc2n1C[C@H]1C[C@H]2CN(CCO)C1. The topological polar surface area (TPSA) is 45.5 Å². The maximum absolute atomic E-state index is 11.8. The normalized spacial score (nSPS) is 27.8. The molecule has 92 valence electrons. The van der Waals surface area contributed by atoms with E-state index in [4.69, 9.17) is 5.11 Å². The predicted octanol–water partition coefficient (Wildman–Crippen LogP) is 0.260. The second kappa shape index (κ2) is 4.27. The molecular formula is C13H18N2O2. The Bertz CT molecular complexity index is 469. The average molecular weight is 234 g/mol. The van der Waals surface area contributed by atoms with E-state index < -0.39 is 0 Å². The van der Waals surface area contributed by atoms with E-state index in [1.165, 1.54) is 12.1 Å². The van der Waals surface area contributed by atoms with Crippen LogP contribution in [-0.2, 0) is 6.54 Å². The second-order valence-corrected chi connectivity index (χ2v) is 5.18. The Balaban J connectivity index is 1.93. The number of fused-ring (bicyclic) bond motifs is 4. The molecule has 1 saturated heterocycles. The number of piperidine rings is 1. The Morgan fingerprint density at radius 2 is 2.18 bits per heavy atom. The molecule has 1 aromatic heterocycles. The number of pyridine rings is 1. The number of rotatable bonds is 2. The lowest BCUT2D eigenvalue weighted by molar-refractivity contribution is 0.100. The van der Waals surface area contributed by atoms with Gasteiger partial charge in [0, 0.05) is 43.9 Å². The Hall–Kier alpha value is -1.13. The first-order valence-electron chi connectivity index (χ1n) is 6.31. The van der Waals surface area contributed by atoms with Crippen LogP contribution in [0.4, 0.5) is 0 Å². The van der Waals surface area contributed by atoms with E-state index in [1.807, 2.05) is 10.6 Å². The van der Waals surface area contributed by atoms with Crippen molar-refractivity contribution < 1.29 is 5.11 Å². The fraction of sp³-hybridized carbons (Fsp3) is 0.615. The maximum atomic E-state index is 11.8. The van der Waals surface area contributed by atoms with Crippen molar-refractivity contribution >= 4 is 0 Å². The summed E-state index contributed by atoms with van der Waals surface area (Å²) in [4.78, 5) is 14.1. The van der Waals surface area contributed by atoms with Gasteiger partial charge >= 0.3 is 0 Å². The smallest absolute Gasteiger partial charge is 0.250 e. The number of hydrogen-bond acceptors (Lipinski definition) is 3. The molecule has 4 nitrogen and oxygen atoms in total. The number of hydrogen-bond donors (Lipinski definition) is 1. The summed E-state index contributed by atoms with van der Waals surface area (Å²) in [5, 5.41) is 9.02. The molecule has 2 aliphatic rings. The summed E-state index contributed by atoms with van der Waals surface area (Å²) in [6, 6.07) is 5.58. The fourth-order valence-electron chi connectivity index (χ4n) is 3.32. The molecule has 2 aliphatic heterocycles. The van der Waals surface area contributed by atoms with E-state index >= 15 is 0 Å².